The van der Waals surface area contributed by atoms with Gasteiger partial charge in [0.25, 0.3) is 0 Å². The minimum Gasteiger partial charge on any atom is -0.368 e. The minimum absolute atomic E-state index is 0. The molecule has 0 unspecified atom stereocenters. The Balaban J connectivity index is 0.00000196. The molecule has 1 rings (SSSR count). The van der Waals surface area contributed by atoms with Crippen molar-refractivity contribution in [2.45, 2.75) is 40.0 Å². The van der Waals surface area contributed by atoms with Crippen molar-refractivity contribution in [2.75, 3.05) is 0 Å². The highest BCUT2D eigenvalue weighted by Crippen LogP contribution is 2.15. The van der Waals surface area contributed by atoms with Gasteiger partial charge in [-0.05, 0) is 32.3 Å². The summed E-state index contributed by atoms with van der Waals surface area (Å²) in [5, 5.41) is 11.6. The Morgan fingerprint density at radius 1 is 1.47 bits per heavy atom. The summed E-state index contributed by atoms with van der Waals surface area (Å²) in [7, 11) is 0. The molecule has 0 saturated heterocycles. The maximum atomic E-state index is 7.34. The van der Waals surface area contributed by atoms with Crippen LogP contribution in [0.2, 0.25) is 0 Å². The van der Waals surface area contributed by atoms with E-state index in [2.05, 4.69) is 12.0 Å². The van der Waals surface area contributed by atoms with Gasteiger partial charge in [0.2, 0.25) is 5.96 Å². The quantitative estimate of drug-likeness (QED) is 0.616. The molecular formula is C10H19ClN4. The standard InChI is InChI=1S/C10H18N4.ClH/c1-4-5-6-9-7(2)13-14(8(9)3)10(11)12;/h4-6H2,1-3H3,(H3,11,12);1H. The molecule has 0 spiro atoms. The molecular weight excluding hydrogens is 212 g/mol. The van der Waals surface area contributed by atoms with Crippen molar-refractivity contribution in [3.05, 3.63) is 17.0 Å². The van der Waals surface area contributed by atoms with Crippen LogP contribution in [-0.4, -0.2) is 15.7 Å². The van der Waals surface area contributed by atoms with Gasteiger partial charge in [-0.3, -0.25) is 5.41 Å². The smallest absolute Gasteiger partial charge is 0.213 e. The summed E-state index contributed by atoms with van der Waals surface area (Å²) in [5.74, 6) is -0.00616. The number of nitrogen functional groups attached to an aromatic ring is 1. The van der Waals surface area contributed by atoms with E-state index >= 15 is 0 Å². The molecule has 86 valence electrons. The average molecular weight is 231 g/mol. The number of aromatic nitrogens is 2. The molecule has 0 fully saturated rings. The monoisotopic (exact) mass is 230 g/mol. The largest absolute Gasteiger partial charge is 0.368 e. The predicted molar refractivity (Wildman–Crippen MR) is 64.9 cm³/mol. The van der Waals surface area contributed by atoms with Crippen LogP contribution in [0.4, 0.5) is 0 Å². The van der Waals surface area contributed by atoms with Crippen LogP contribution in [0.5, 0.6) is 0 Å². The first-order chi connectivity index (χ1) is 6.57. The van der Waals surface area contributed by atoms with Crippen LogP contribution in [0.3, 0.4) is 0 Å². The van der Waals surface area contributed by atoms with Gasteiger partial charge in [-0.2, -0.15) is 5.10 Å². The van der Waals surface area contributed by atoms with E-state index in [9.17, 15) is 0 Å². The number of nitrogens with two attached hydrogens (primary N) is 1. The summed E-state index contributed by atoms with van der Waals surface area (Å²) in [6, 6.07) is 0. The van der Waals surface area contributed by atoms with Crippen molar-refractivity contribution in [3.8, 4) is 0 Å². The van der Waals surface area contributed by atoms with Crippen molar-refractivity contribution < 1.29 is 0 Å². The molecule has 0 radical (unpaired) electrons. The van der Waals surface area contributed by atoms with Crippen molar-refractivity contribution in [1.82, 2.24) is 9.78 Å². The number of aryl methyl sites for hydroxylation is 1. The molecule has 0 aliphatic rings. The van der Waals surface area contributed by atoms with E-state index in [0.717, 1.165) is 24.2 Å². The molecule has 0 amide bonds. The summed E-state index contributed by atoms with van der Waals surface area (Å²) in [6.45, 7) is 6.10. The number of halogens is 1. The van der Waals surface area contributed by atoms with Crippen molar-refractivity contribution in [1.29, 1.82) is 5.41 Å². The first kappa shape index (κ1) is 14.0. The maximum Gasteiger partial charge on any atom is 0.213 e. The van der Waals surface area contributed by atoms with Gasteiger partial charge < -0.3 is 5.73 Å². The van der Waals surface area contributed by atoms with Crippen LogP contribution < -0.4 is 5.73 Å². The Hall–Kier alpha value is -1.03. The van der Waals surface area contributed by atoms with Gasteiger partial charge in [-0.25, -0.2) is 4.68 Å². The molecule has 15 heavy (non-hydrogen) atoms. The second kappa shape index (κ2) is 5.75. The molecule has 0 aliphatic heterocycles. The number of unbranched alkanes of at least 4 members (excludes halogenated alkanes) is 1. The van der Waals surface area contributed by atoms with Gasteiger partial charge in [0, 0.05) is 5.69 Å². The SMILES string of the molecule is CCCCc1c(C)nn(C(=N)N)c1C.Cl. The summed E-state index contributed by atoms with van der Waals surface area (Å²) in [5.41, 5.74) is 8.64. The van der Waals surface area contributed by atoms with Crippen molar-refractivity contribution in [2.24, 2.45) is 5.73 Å². The minimum atomic E-state index is -0.00616. The van der Waals surface area contributed by atoms with Crippen LogP contribution in [-0.2, 0) is 6.42 Å². The van der Waals surface area contributed by atoms with Gasteiger partial charge in [-0.1, -0.05) is 13.3 Å². The number of rotatable bonds is 3. The van der Waals surface area contributed by atoms with Gasteiger partial charge in [0.1, 0.15) is 0 Å². The second-order valence-electron chi connectivity index (χ2n) is 3.55. The Labute approximate surface area is 96.8 Å². The third kappa shape index (κ3) is 2.96. The molecule has 0 saturated carbocycles. The van der Waals surface area contributed by atoms with Crippen LogP contribution >= 0.6 is 12.4 Å². The summed E-state index contributed by atoms with van der Waals surface area (Å²) < 4.78 is 1.50. The van der Waals surface area contributed by atoms with E-state index in [1.165, 1.54) is 16.7 Å². The van der Waals surface area contributed by atoms with Gasteiger partial charge in [0.15, 0.2) is 0 Å². The lowest BCUT2D eigenvalue weighted by Crippen LogP contribution is -2.23. The van der Waals surface area contributed by atoms with E-state index in [0.29, 0.717) is 0 Å². The van der Waals surface area contributed by atoms with E-state index in [1.807, 2.05) is 13.8 Å². The molecule has 0 bridgehead atoms. The highest BCUT2D eigenvalue weighted by atomic mass is 35.5. The molecule has 3 N–H and O–H groups in total. The fourth-order valence-electron chi connectivity index (χ4n) is 1.62. The highest BCUT2D eigenvalue weighted by molar-refractivity contribution is 5.85. The third-order valence-corrected chi connectivity index (χ3v) is 2.45. The van der Waals surface area contributed by atoms with Crippen LogP contribution in [0.1, 0.15) is 36.7 Å². The van der Waals surface area contributed by atoms with Gasteiger partial charge in [0.05, 0.1) is 5.69 Å². The number of nitrogens with one attached hydrogen (secondary N) is 1. The molecule has 1 heterocycles. The summed E-state index contributed by atoms with van der Waals surface area (Å²) in [6.07, 6.45) is 3.36. The molecule has 4 nitrogen and oxygen atoms in total. The zero-order chi connectivity index (χ0) is 10.7. The van der Waals surface area contributed by atoms with E-state index in [4.69, 9.17) is 11.1 Å². The Morgan fingerprint density at radius 3 is 2.47 bits per heavy atom. The lowest BCUT2D eigenvalue weighted by atomic mass is 10.1. The normalized spacial score (nSPS) is 9.80. The second-order valence-corrected chi connectivity index (χ2v) is 3.55. The van der Waals surface area contributed by atoms with Crippen molar-refractivity contribution >= 4 is 18.4 Å². The fourth-order valence-corrected chi connectivity index (χ4v) is 1.62. The fraction of sp³-hybridized carbons (Fsp3) is 0.600. The summed E-state index contributed by atoms with van der Waals surface area (Å²) >= 11 is 0. The lowest BCUT2D eigenvalue weighted by molar-refractivity contribution is 0.786. The molecule has 0 aliphatic carbocycles. The number of hydrogen-bond donors (Lipinski definition) is 2. The molecule has 0 atom stereocenters. The number of nitrogens with zero attached hydrogens (tertiary/aromatic N) is 2. The van der Waals surface area contributed by atoms with E-state index in [1.54, 1.807) is 0 Å². The molecule has 1 aromatic heterocycles. The first-order valence-electron chi connectivity index (χ1n) is 4.97. The molecule has 0 aromatic carbocycles. The lowest BCUT2D eigenvalue weighted by Gasteiger charge is -2.01. The zero-order valence-electron chi connectivity index (χ0n) is 9.50. The average Bonchev–Trinajstić information content (AvgIpc) is 2.40. The van der Waals surface area contributed by atoms with Crippen LogP contribution in [0.25, 0.3) is 0 Å². The first-order valence-corrected chi connectivity index (χ1v) is 4.97. The number of hydrogen-bond acceptors (Lipinski definition) is 2. The zero-order valence-corrected chi connectivity index (χ0v) is 10.3. The topological polar surface area (TPSA) is 67.7 Å². The predicted octanol–water partition coefficient (Wildman–Crippen LogP) is 2.01. The molecule has 5 heteroatoms. The Kier molecular flexibility index (Phi) is 5.36. The van der Waals surface area contributed by atoms with E-state index < -0.39 is 0 Å². The van der Waals surface area contributed by atoms with Crippen molar-refractivity contribution in [3.63, 3.8) is 0 Å². The Morgan fingerprint density at radius 2 is 2.07 bits per heavy atom. The molecule has 1 aromatic rings. The third-order valence-electron chi connectivity index (χ3n) is 2.45. The van der Waals surface area contributed by atoms with Crippen LogP contribution in [0.15, 0.2) is 0 Å². The Bertz CT molecular complexity index is 343. The van der Waals surface area contributed by atoms with E-state index in [-0.39, 0.29) is 18.4 Å². The highest BCUT2D eigenvalue weighted by Gasteiger charge is 2.11. The van der Waals surface area contributed by atoms with Gasteiger partial charge in [-0.15, -0.1) is 12.4 Å². The summed E-state index contributed by atoms with van der Waals surface area (Å²) in [4.78, 5) is 0. The van der Waals surface area contributed by atoms with Gasteiger partial charge >= 0.3 is 0 Å². The van der Waals surface area contributed by atoms with Crippen LogP contribution in [0, 0.1) is 19.3 Å². The maximum absolute atomic E-state index is 7.34.